The lowest BCUT2D eigenvalue weighted by Gasteiger charge is -2.27. The Labute approximate surface area is 214 Å². The molecular formula is C26H24F4N2O4S. The second-order valence-corrected chi connectivity index (χ2v) is 10.1. The highest BCUT2D eigenvalue weighted by atomic mass is 32.1. The number of carboxylic acids is 1. The Balaban J connectivity index is 1.94. The maximum Gasteiger partial charge on any atom is 0.419 e. The number of amides is 1. The highest BCUT2D eigenvalue weighted by molar-refractivity contribution is 7.15. The molecule has 0 bridgehead atoms. The summed E-state index contributed by atoms with van der Waals surface area (Å²) < 4.78 is 58.4. The molecule has 0 aliphatic rings. The number of benzene rings is 2. The Morgan fingerprint density at radius 3 is 2.30 bits per heavy atom. The van der Waals surface area contributed by atoms with Gasteiger partial charge in [-0.3, -0.25) is 4.90 Å². The summed E-state index contributed by atoms with van der Waals surface area (Å²) in [6.07, 6.45) is -3.05. The number of nitrogens with zero attached hydrogens (tertiary/aromatic N) is 2. The van der Waals surface area contributed by atoms with E-state index in [1.807, 2.05) is 0 Å². The van der Waals surface area contributed by atoms with Crippen molar-refractivity contribution in [3.05, 3.63) is 76.1 Å². The fraction of sp³-hybridized carbons (Fsp3) is 0.269. The number of halogens is 4. The molecule has 3 aromatic rings. The van der Waals surface area contributed by atoms with Gasteiger partial charge in [-0.2, -0.15) is 13.2 Å². The number of alkyl halides is 3. The van der Waals surface area contributed by atoms with Gasteiger partial charge in [-0.05, 0) is 63.6 Å². The minimum atomic E-state index is -4.81. The summed E-state index contributed by atoms with van der Waals surface area (Å²) in [5.41, 5.74) is -0.362. The van der Waals surface area contributed by atoms with Crippen LogP contribution in [0.3, 0.4) is 0 Å². The molecule has 0 saturated carbocycles. The zero-order valence-corrected chi connectivity index (χ0v) is 21.2. The fourth-order valence-electron chi connectivity index (χ4n) is 3.23. The summed E-state index contributed by atoms with van der Waals surface area (Å²) in [5.74, 6) is -2.49. The molecule has 0 spiro atoms. The highest BCUT2D eigenvalue weighted by Crippen LogP contribution is 2.36. The second-order valence-electron chi connectivity index (χ2n) is 9.05. The van der Waals surface area contributed by atoms with Crippen LogP contribution in [0.5, 0.6) is 0 Å². The number of carboxylic acid groups (broad SMARTS) is 1. The summed E-state index contributed by atoms with van der Waals surface area (Å²) in [7, 11) is 0. The minimum absolute atomic E-state index is 0.0336. The van der Waals surface area contributed by atoms with Gasteiger partial charge in [0, 0.05) is 22.2 Å². The number of carbonyl (C=O) groups excluding carboxylic acids is 1. The number of rotatable bonds is 6. The van der Waals surface area contributed by atoms with E-state index in [4.69, 9.17) is 9.84 Å². The van der Waals surface area contributed by atoms with Crippen molar-refractivity contribution < 1.29 is 37.0 Å². The van der Waals surface area contributed by atoms with Crippen LogP contribution in [0.1, 0.15) is 42.5 Å². The van der Waals surface area contributed by atoms with Crippen molar-refractivity contribution in [1.29, 1.82) is 0 Å². The molecule has 1 N–H and O–H groups in total. The maximum absolute atomic E-state index is 14.1. The lowest BCUT2D eigenvalue weighted by Crippen LogP contribution is -2.36. The number of anilines is 1. The number of aliphatic carboxylic acids is 1. The fourth-order valence-corrected chi connectivity index (χ4v) is 4.28. The van der Waals surface area contributed by atoms with E-state index in [0.29, 0.717) is 32.9 Å². The number of carbonyl (C=O) groups is 2. The van der Waals surface area contributed by atoms with Crippen LogP contribution in [0.2, 0.25) is 0 Å². The van der Waals surface area contributed by atoms with Gasteiger partial charge in [0.15, 0.2) is 0 Å². The molecule has 6 nitrogen and oxygen atoms in total. The maximum atomic E-state index is 14.1. The SMILES string of the molecule is Cc1nc(-c2ccc(C(F)(F)F)c(F)c2)sc1CN(C(=O)OC(C)(C)C)c1ccc(/C=C/C(=O)O)cc1. The molecule has 0 aliphatic carbocycles. The normalized spacial score (nSPS) is 12.1. The first-order valence-electron chi connectivity index (χ1n) is 11.0. The number of hydrogen-bond acceptors (Lipinski definition) is 5. The van der Waals surface area contributed by atoms with Gasteiger partial charge in [-0.1, -0.05) is 18.2 Å². The molecule has 2 aromatic carbocycles. The molecule has 1 aromatic heterocycles. The summed E-state index contributed by atoms with van der Waals surface area (Å²) in [5, 5.41) is 9.11. The Morgan fingerprint density at radius 2 is 1.76 bits per heavy atom. The van der Waals surface area contributed by atoms with Crippen molar-refractivity contribution >= 4 is 35.2 Å². The molecule has 0 unspecified atom stereocenters. The monoisotopic (exact) mass is 536 g/mol. The van der Waals surface area contributed by atoms with Gasteiger partial charge in [-0.25, -0.2) is 19.0 Å². The minimum Gasteiger partial charge on any atom is -0.478 e. The molecule has 0 aliphatic heterocycles. The summed E-state index contributed by atoms with van der Waals surface area (Å²) in [6, 6.07) is 9.17. The van der Waals surface area contributed by atoms with Crippen molar-refractivity contribution in [2.24, 2.45) is 0 Å². The second kappa shape index (κ2) is 10.7. The lowest BCUT2D eigenvalue weighted by molar-refractivity contribution is -0.140. The Hall–Kier alpha value is -3.73. The van der Waals surface area contributed by atoms with E-state index in [9.17, 15) is 27.2 Å². The third kappa shape index (κ3) is 7.39. The van der Waals surface area contributed by atoms with E-state index in [-0.39, 0.29) is 12.1 Å². The Bertz CT molecular complexity index is 1330. The largest absolute Gasteiger partial charge is 0.478 e. The molecule has 0 fully saturated rings. The average Bonchev–Trinajstić information content (AvgIpc) is 3.14. The third-order valence-corrected chi connectivity index (χ3v) is 6.14. The molecule has 11 heteroatoms. The lowest BCUT2D eigenvalue weighted by atomic mass is 10.1. The van der Waals surface area contributed by atoms with Crippen LogP contribution in [0.15, 0.2) is 48.5 Å². The molecule has 1 heterocycles. The van der Waals surface area contributed by atoms with Crippen LogP contribution < -0.4 is 4.90 Å². The van der Waals surface area contributed by atoms with Crippen molar-refractivity contribution in [2.45, 2.75) is 46.0 Å². The Kier molecular flexibility index (Phi) is 8.06. The predicted octanol–water partition coefficient (Wildman–Crippen LogP) is 7.32. The first-order valence-corrected chi connectivity index (χ1v) is 11.8. The van der Waals surface area contributed by atoms with Crippen LogP contribution in [0.4, 0.5) is 28.0 Å². The standard InChI is InChI=1S/C26H24F4N2O4S/c1-15-21(37-23(31-15)17-8-11-19(20(27)13-17)26(28,29)30)14-32(24(35)36-25(2,3)4)18-9-5-16(6-10-18)7-12-22(33)34/h5-13H,14H2,1-4H3,(H,33,34)/b12-7+. The number of aromatic nitrogens is 1. The van der Waals surface area contributed by atoms with E-state index in [1.165, 1.54) is 11.0 Å². The quantitative estimate of drug-likeness (QED) is 0.264. The average molecular weight is 537 g/mol. The number of hydrogen-bond donors (Lipinski definition) is 1. The van der Waals surface area contributed by atoms with Crippen molar-refractivity contribution in [3.63, 3.8) is 0 Å². The third-order valence-electron chi connectivity index (χ3n) is 4.95. The number of ether oxygens (including phenoxy) is 1. The van der Waals surface area contributed by atoms with E-state index < -0.39 is 35.2 Å². The van der Waals surface area contributed by atoms with Crippen LogP contribution in [-0.2, 0) is 22.3 Å². The first-order chi connectivity index (χ1) is 17.1. The van der Waals surface area contributed by atoms with Gasteiger partial charge in [0.1, 0.15) is 16.4 Å². The van der Waals surface area contributed by atoms with Gasteiger partial charge in [0.05, 0.1) is 17.8 Å². The molecule has 196 valence electrons. The topological polar surface area (TPSA) is 79.7 Å². The molecule has 37 heavy (non-hydrogen) atoms. The first kappa shape index (κ1) is 27.9. The molecule has 3 rings (SSSR count). The zero-order valence-electron chi connectivity index (χ0n) is 20.4. The van der Waals surface area contributed by atoms with Crippen LogP contribution in [-0.4, -0.2) is 27.8 Å². The van der Waals surface area contributed by atoms with E-state index in [0.717, 1.165) is 29.5 Å². The summed E-state index contributed by atoms with van der Waals surface area (Å²) in [6.45, 7) is 6.88. The van der Waals surface area contributed by atoms with Crippen LogP contribution in [0, 0.1) is 12.7 Å². The smallest absolute Gasteiger partial charge is 0.419 e. The van der Waals surface area contributed by atoms with E-state index >= 15 is 0 Å². The summed E-state index contributed by atoms with van der Waals surface area (Å²) in [4.78, 5) is 30.2. The van der Waals surface area contributed by atoms with Gasteiger partial charge >= 0.3 is 18.2 Å². The van der Waals surface area contributed by atoms with E-state index in [2.05, 4.69) is 4.98 Å². The van der Waals surface area contributed by atoms with E-state index in [1.54, 1.807) is 52.0 Å². The molecular weight excluding hydrogens is 512 g/mol. The molecule has 0 atom stereocenters. The molecule has 0 saturated heterocycles. The van der Waals surface area contributed by atoms with Gasteiger partial charge in [-0.15, -0.1) is 11.3 Å². The summed E-state index contributed by atoms with van der Waals surface area (Å²) >= 11 is 1.12. The zero-order chi connectivity index (χ0) is 27.5. The van der Waals surface area contributed by atoms with Crippen LogP contribution >= 0.6 is 11.3 Å². The van der Waals surface area contributed by atoms with Crippen molar-refractivity contribution in [1.82, 2.24) is 4.98 Å². The van der Waals surface area contributed by atoms with Gasteiger partial charge in [0.2, 0.25) is 0 Å². The van der Waals surface area contributed by atoms with Gasteiger partial charge in [0.25, 0.3) is 0 Å². The number of aryl methyl sites for hydroxylation is 1. The highest BCUT2D eigenvalue weighted by Gasteiger charge is 2.34. The molecule has 1 amide bonds. The number of thiazole rings is 1. The van der Waals surface area contributed by atoms with Crippen molar-refractivity contribution in [3.8, 4) is 10.6 Å². The molecule has 0 radical (unpaired) electrons. The van der Waals surface area contributed by atoms with Crippen LogP contribution in [0.25, 0.3) is 16.6 Å². The predicted molar refractivity (Wildman–Crippen MR) is 133 cm³/mol. The van der Waals surface area contributed by atoms with Gasteiger partial charge < -0.3 is 9.84 Å². The Morgan fingerprint density at radius 1 is 1.11 bits per heavy atom. The van der Waals surface area contributed by atoms with Crippen molar-refractivity contribution in [2.75, 3.05) is 4.90 Å².